The molecule has 11 nitrogen and oxygen atoms in total. The van der Waals surface area contributed by atoms with E-state index >= 15 is 0 Å². The molecule has 0 amide bonds. The van der Waals surface area contributed by atoms with Crippen molar-refractivity contribution in [1.29, 1.82) is 0 Å². The quantitative estimate of drug-likeness (QED) is 0.157. The second-order valence-corrected chi connectivity index (χ2v) is 9.03. The number of nitro benzene ring substituents is 1. The molecule has 12 heteroatoms. The van der Waals surface area contributed by atoms with Crippen LogP contribution in [0.1, 0.15) is 22.6 Å². The molecule has 6 aromatic rings. The molecule has 0 radical (unpaired) electrons. The lowest BCUT2D eigenvalue weighted by atomic mass is 9.83. The van der Waals surface area contributed by atoms with Gasteiger partial charge in [-0.25, -0.2) is 19.3 Å². The van der Waals surface area contributed by atoms with Crippen molar-refractivity contribution in [2.24, 2.45) is 0 Å². The Bertz CT molecular complexity index is 1960. The first kappa shape index (κ1) is 21.4. The molecule has 0 bridgehead atoms. The lowest BCUT2D eigenvalue weighted by molar-refractivity contribution is -0.385. The van der Waals surface area contributed by atoms with Crippen LogP contribution < -0.4 is 10.4 Å². The number of nitrogens with zero attached hydrogens (tertiary/aromatic N) is 5. The first-order valence-electron chi connectivity index (χ1n) is 11.0. The summed E-state index contributed by atoms with van der Waals surface area (Å²) in [5.74, 6) is 0.0677. The third-order valence-corrected chi connectivity index (χ3v) is 6.63. The van der Waals surface area contributed by atoms with Crippen molar-refractivity contribution in [1.82, 2.24) is 19.6 Å². The smallest absolute Gasteiger partial charge is 0.344 e. The maximum absolute atomic E-state index is 13.4. The standard InChI is InChI=1S/C25H12BrN5O6/c26-17-10-9-16(35-17)22-28-23-20-18(12-5-1-3-7-14(12)31(33)34)19-21(37-24(20)27-11-30(23)29-22)13-6-2-4-8-15(13)36-25(19)32/h1-11,18H. The van der Waals surface area contributed by atoms with E-state index in [0.29, 0.717) is 32.6 Å². The number of para-hydroxylation sites is 2. The molecule has 0 spiro atoms. The highest BCUT2D eigenvalue weighted by Gasteiger charge is 2.40. The molecule has 0 saturated carbocycles. The van der Waals surface area contributed by atoms with E-state index in [1.54, 1.807) is 54.6 Å². The van der Waals surface area contributed by atoms with Crippen LogP contribution in [0.4, 0.5) is 5.69 Å². The van der Waals surface area contributed by atoms with Crippen molar-refractivity contribution in [3.63, 3.8) is 0 Å². The zero-order valence-electron chi connectivity index (χ0n) is 18.5. The summed E-state index contributed by atoms with van der Waals surface area (Å²) in [7, 11) is 0. The first-order valence-corrected chi connectivity index (χ1v) is 11.8. The molecule has 5 heterocycles. The minimum absolute atomic E-state index is 0.112. The molecule has 1 aliphatic rings. The van der Waals surface area contributed by atoms with Crippen molar-refractivity contribution in [3.05, 3.63) is 109 Å². The summed E-state index contributed by atoms with van der Waals surface area (Å²) < 4.78 is 19.3. The molecule has 1 unspecified atom stereocenters. The maximum atomic E-state index is 13.4. The fraction of sp³-hybridized carbons (Fsp3) is 0.0400. The molecule has 0 N–H and O–H groups in total. The van der Waals surface area contributed by atoms with Gasteiger partial charge in [-0.15, -0.1) is 5.10 Å². The van der Waals surface area contributed by atoms with Crippen molar-refractivity contribution < 1.29 is 18.5 Å². The van der Waals surface area contributed by atoms with Crippen LogP contribution in [-0.4, -0.2) is 24.5 Å². The zero-order valence-corrected chi connectivity index (χ0v) is 20.1. The van der Waals surface area contributed by atoms with E-state index in [9.17, 15) is 14.9 Å². The van der Waals surface area contributed by atoms with Crippen LogP contribution in [0.3, 0.4) is 0 Å². The van der Waals surface area contributed by atoms with Gasteiger partial charge in [0.15, 0.2) is 21.8 Å². The fourth-order valence-corrected chi connectivity index (χ4v) is 4.98. The molecular weight excluding hydrogens is 546 g/mol. The first-order chi connectivity index (χ1) is 18.0. The summed E-state index contributed by atoms with van der Waals surface area (Å²) in [5.41, 5.74) is 0.493. The largest absolute Gasteiger partial charge is 0.446 e. The SMILES string of the molecule is O=c1oc2ccccc2c2c1C(c1ccccc1[N+](=O)[O-])c1c(ncn3nc(-c4ccc(Br)o4)nc13)O2. The lowest BCUT2D eigenvalue weighted by Gasteiger charge is -2.27. The number of rotatable bonds is 3. The van der Waals surface area contributed by atoms with Gasteiger partial charge in [-0.3, -0.25) is 10.1 Å². The van der Waals surface area contributed by atoms with E-state index in [1.165, 1.54) is 16.9 Å². The monoisotopic (exact) mass is 557 g/mol. The Morgan fingerprint density at radius 2 is 1.81 bits per heavy atom. The van der Waals surface area contributed by atoms with Gasteiger partial charge >= 0.3 is 5.63 Å². The van der Waals surface area contributed by atoms with Crippen molar-refractivity contribution in [3.8, 4) is 23.2 Å². The molecule has 1 atom stereocenters. The van der Waals surface area contributed by atoms with Crippen molar-refractivity contribution in [2.45, 2.75) is 5.92 Å². The van der Waals surface area contributed by atoms with Crippen LogP contribution >= 0.6 is 15.9 Å². The van der Waals surface area contributed by atoms with Gasteiger partial charge in [0.05, 0.1) is 27.4 Å². The van der Waals surface area contributed by atoms with Gasteiger partial charge in [-0.2, -0.15) is 0 Å². The number of fused-ring (bicyclic) bond motifs is 6. The highest BCUT2D eigenvalue weighted by atomic mass is 79.9. The van der Waals surface area contributed by atoms with Crippen LogP contribution in [0.5, 0.6) is 11.6 Å². The van der Waals surface area contributed by atoms with E-state index in [0.717, 1.165) is 0 Å². The normalized spacial score (nSPS) is 14.4. The molecule has 0 fully saturated rings. The van der Waals surface area contributed by atoms with E-state index in [-0.39, 0.29) is 34.3 Å². The Balaban J connectivity index is 1.59. The predicted molar refractivity (Wildman–Crippen MR) is 133 cm³/mol. The number of ether oxygens (including phenoxy) is 1. The molecule has 0 saturated heterocycles. The van der Waals surface area contributed by atoms with Gasteiger partial charge in [0.1, 0.15) is 11.9 Å². The second kappa shape index (κ2) is 7.83. The molecule has 1 aliphatic heterocycles. The summed E-state index contributed by atoms with van der Waals surface area (Å²) in [4.78, 5) is 34.1. The van der Waals surface area contributed by atoms with E-state index in [4.69, 9.17) is 13.6 Å². The molecular formula is C25H12BrN5O6. The van der Waals surface area contributed by atoms with Crippen molar-refractivity contribution in [2.75, 3.05) is 0 Å². The molecule has 4 aromatic heterocycles. The van der Waals surface area contributed by atoms with E-state index < -0.39 is 16.5 Å². The molecule has 7 rings (SSSR count). The van der Waals surface area contributed by atoms with E-state index in [1.807, 2.05) is 0 Å². The predicted octanol–water partition coefficient (Wildman–Crippen LogP) is 5.45. The Labute approximate surface area is 214 Å². The average molecular weight is 558 g/mol. The van der Waals surface area contributed by atoms with Gasteiger partial charge < -0.3 is 13.6 Å². The Kier molecular flexibility index (Phi) is 4.54. The van der Waals surface area contributed by atoms with Crippen LogP contribution in [-0.2, 0) is 0 Å². The molecule has 0 aliphatic carbocycles. The van der Waals surface area contributed by atoms with Gasteiger partial charge in [0.25, 0.3) is 5.69 Å². The number of benzene rings is 2. The molecule has 37 heavy (non-hydrogen) atoms. The number of furan rings is 1. The Morgan fingerprint density at radius 1 is 1.00 bits per heavy atom. The van der Waals surface area contributed by atoms with Gasteiger partial charge in [0, 0.05) is 11.6 Å². The summed E-state index contributed by atoms with van der Waals surface area (Å²) in [6.07, 6.45) is 1.43. The third kappa shape index (κ3) is 3.19. The van der Waals surface area contributed by atoms with Gasteiger partial charge in [-0.05, 0) is 40.2 Å². The Hall–Kier alpha value is -4.84. The summed E-state index contributed by atoms with van der Waals surface area (Å²) in [6.45, 7) is 0. The second-order valence-electron chi connectivity index (χ2n) is 8.25. The Morgan fingerprint density at radius 3 is 2.62 bits per heavy atom. The number of hydrogen-bond donors (Lipinski definition) is 0. The summed E-state index contributed by atoms with van der Waals surface area (Å²) >= 11 is 3.27. The lowest BCUT2D eigenvalue weighted by Crippen LogP contribution is -2.23. The topological polar surface area (TPSA) is 139 Å². The molecule has 180 valence electrons. The third-order valence-electron chi connectivity index (χ3n) is 6.20. The zero-order chi connectivity index (χ0) is 25.3. The number of hydrogen-bond acceptors (Lipinski definition) is 9. The highest BCUT2D eigenvalue weighted by molar-refractivity contribution is 9.10. The fourth-order valence-electron chi connectivity index (χ4n) is 4.68. The minimum atomic E-state index is -0.974. The van der Waals surface area contributed by atoms with Crippen LogP contribution in [0, 0.1) is 10.1 Å². The van der Waals surface area contributed by atoms with Crippen LogP contribution in [0.25, 0.3) is 28.2 Å². The van der Waals surface area contributed by atoms with E-state index in [2.05, 4.69) is 31.0 Å². The average Bonchev–Trinajstić information content (AvgIpc) is 3.54. The number of aromatic nitrogens is 4. The van der Waals surface area contributed by atoms with Crippen LogP contribution in [0.2, 0.25) is 0 Å². The van der Waals surface area contributed by atoms with Gasteiger partial charge in [0.2, 0.25) is 11.7 Å². The summed E-state index contributed by atoms with van der Waals surface area (Å²) in [6, 6.07) is 16.5. The summed E-state index contributed by atoms with van der Waals surface area (Å²) in [5, 5.41) is 17.0. The van der Waals surface area contributed by atoms with Crippen molar-refractivity contribution >= 4 is 38.2 Å². The highest BCUT2D eigenvalue weighted by Crippen LogP contribution is 2.50. The van der Waals surface area contributed by atoms with Gasteiger partial charge in [-0.1, -0.05) is 30.3 Å². The minimum Gasteiger partial charge on any atom is -0.446 e. The molecule has 2 aromatic carbocycles. The number of halogens is 1. The van der Waals surface area contributed by atoms with Crippen LogP contribution in [0.15, 0.2) is 85.3 Å². The number of nitro groups is 1. The maximum Gasteiger partial charge on any atom is 0.344 e.